The van der Waals surface area contributed by atoms with E-state index in [4.69, 9.17) is 4.74 Å². The summed E-state index contributed by atoms with van der Waals surface area (Å²) in [5, 5.41) is 2.86. The second kappa shape index (κ2) is 8.57. The molecule has 0 radical (unpaired) electrons. The normalized spacial score (nSPS) is 19.5. The maximum atomic E-state index is 14.0. The first kappa shape index (κ1) is 19.3. The first-order valence-corrected chi connectivity index (χ1v) is 9.72. The third kappa shape index (κ3) is 4.37. The summed E-state index contributed by atoms with van der Waals surface area (Å²) in [4.78, 5) is 32.7. The zero-order valence-electron chi connectivity index (χ0n) is 16.0. The van der Waals surface area contributed by atoms with Crippen LogP contribution < -0.4 is 15.1 Å². The van der Waals surface area contributed by atoms with Crippen LogP contribution in [-0.2, 0) is 20.9 Å². The molecule has 4 rings (SSSR count). The third-order valence-corrected chi connectivity index (χ3v) is 5.25. The summed E-state index contributed by atoms with van der Waals surface area (Å²) in [6.07, 6.45) is 1.82. The number of nitrogens with one attached hydrogen (secondary N) is 1. The Morgan fingerprint density at radius 1 is 1.21 bits per heavy atom. The summed E-state index contributed by atoms with van der Waals surface area (Å²) in [7, 11) is 0. The van der Waals surface area contributed by atoms with Gasteiger partial charge in [0.1, 0.15) is 11.6 Å². The fourth-order valence-corrected chi connectivity index (χ4v) is 3.62. The van der Waals surface area contributed by atoms with E-state index in [0.717, 1.165) is 24.5 Å². The Bertz CT molecular complexity index is 884. The van der Waals surface area contributed by atoms with Gasteiger partial charge in [-0.15, -0.1) is 0 Å². The molecule has 1 N–H and O–H groups in total. The number of benzene rings is 1. The molecule has 0 spiro atoms. The van der Waals surface area contributed by atoms with Gasteiger partial charge in [0.15, 0.2) is 0 Å². The molecule has 2 aromatic rings. The number of rotatable bonds is 5. The Morgan fingerprint density at radius 3 is 2.72 bits per heavy atom. The number of hydrogen-bond acceptors (Lipinski definition) is 5. The largest absolute Gasteiger partial charge is 0.378 e. The van der Waals surface area contributed by atoms with Gasteiger partial charge in [-0.1, -0.05) is 18.2 Å². The Kier molecular flexibility index (Phi) is 5.71. The summed E-state index contributed by atoms with van der Waals surface area (Å²) in [6.45, 7) is 3.54. The van der Waals surface area contributed by atoms with Crippen LogP contribution in [0.2, 0.25) is 0 Å². The topological polar surface area (TPSA) is 74.8 Å². The monoisotopic (exact) mass is 398 g/mol. The summed E-state index contributed by atoms with van der Waals surface area (Å²) in [6, 6.07) is 9.97. The molecule has 2 saturated heterocycles. The van der Waals surface area contributed by atoms with Crippen LogP contribution in [0.3, 0.4) is 0 Å². The minimum atomic E-state index is -0.498. The molecule has 7 nitrogen and oxygen atoms in total. The lowest BCUT2D eigenvalue weighted by molar-refractivity contribution is -0.126. The van der Waals surface area contributed by atoms with Crippen LogP contribution in [0.5, 0.6) is 0 Å². The van der Waals surface area contributed by atoms with Crippen molar-refractivity contribution in [3.05, 3.63) is 54.0 Å². The number of carbonyl (C=O) groups is 2. The van der Waals surface area contributed by atoms with Crippen molar-refractivity contribution in [1.82, 2.24) is 10.3 Å². The van der Waals surface area contributed by atoms with E-state index in [2.05, 4.69) is 15.2 Å². The number of ether oxygens (including phenoxy) is 1. The molecule has 2 fully saturated rings. The lowest BCUT2D eigenvalue weighted by Gasteiger charge is -2.27. The molecule has 3 heterocycles. The van der Waals surface area contributed by atoms with Crippen molar-refractivity contribution >= 4 is 23.3 Å². The van der Waals surface area contributed by atoms with Crippen molar-refractivity contribution in [2.24, 2.45) is 5.92 Å². The lowest BCUT2D eigenvalue weighted by atomic mass is 10.1. The Hall–Kier alpha value is -3.00. The standard InChI is InChI=1S/C21H23FN4O3/c22-17-3-1-2-4-18(17)26-14-16(11-20(26)27)21(28)24-13-15-5-6-19(23-12-15)25-7-9-29-10-8-25/h1-6,12,16H,7-11,13-14H2,(H,24,28). The van der Waals surface area contributed by atoms with E-state index >= 15 is 0 Å². The van der Waals surface area contributed by atoms with Crippen molar-refractivity contribution in [2.75, 3.05) is 42.6 Å². The van der Waals surface area contributed by atoms with Crippen LogP contribution in [0.25, 0.3) is 0 Å². The van der Waals surface area contributed by atoms with E-state index in [1.165, 1.54) is 11.0 Å². The summed E-state index contributed by atoms with van der Waals surface area (Å²) >= 11 is 0. The first-order valence-electron chi connectivity index (χ1n) is 9.72. The van der Waals surface area contributed by atoms with Crippen molar-refractivity contribution in [1.29, 1.82) is 0 Å². The van der Waals surface area contributed by atoms with Crippen LogP contribution in [0.15, 0.2) is 42.6 Å². The number of halogens is 1. The van der Waals surface area contributed by atoms with Crippen LogP contribution in [-0.4, -0.2) is 49.6 Å². The van der Waals surface area contributed by atoms with Gasteiger partial charge >= 0.3 is 0 Å². The minimum Gasteiger partial charge on any atom is -0.378 e. The molecule has 1 aromatic heterocycles. The minimum absolute atomic E-state index is 0.0778. The van der Waals surface area contributed by atoms with Crippen molar-refractivity contribution in [2.45, 2.75) is 13.0 Å². The van der Waals surface area contributed by atoms with Crippen LogP contribution >= 0.6 is 0 Å². The number of carbonyl (C=O) groups excluding carboxylic acids is 2. The molecule has 1 atom stereocenters. The van der Waals surface area contributed by atoms with Crippen molar-refractivity contribution in [3.63, 3.8) is 0 Å². The molecule has 152 valence electrons. The highest BCUT2D eigenvalue weighted by atomic mass is 19.1. The number of anilines is 2. The molecule has 29 heavy (non-hydrogen) atoms. The third-order valence-electron chi connectivity index (χ3n) is 5.25. The van der Waals surface area contributed by atoms with Gasteiger partial charge in [-0.05, 0) is 23.8 Å². The van der Waals surface area contributed by atoms with Gasteiger partial charge in [-0.2, -0.15) is 0 Å². The SMILES string of the molecule is O=C(NCc1ccc(N2CCOCC2)nc1)C1CC(=O)N(c2ccccc2F)C1. The van der Waals surface area contributed by atoms with Crippen LogP contribution in [0, 0.1) is 11.7 Å². The zero-order chi connectivity index (χ0) is 20.2. The molecule has 2 aliphatic heterocycles. The number of amides is 2. The van der Waals surface area contributed by atoms with Crippen LogP contribution in [0.4, 0.5) is 15.9 Å². The van der Waals surface area contributed by atoms with E-state index < -0.39 is 11.7 Å². The number of aromatic nitrogens is 1. The highest BCUT2D eigenvalue weighted by Gasteiger charge is 2.36. The first-order chi connectivity index (χ1) is 14.1. The number of nitrogens with zero attached hydrogens (tertiary/aromatic N) is 3. The maximum absolute atomic E-state index is 14.0. The molecule has 8 heteroatoms. The fraction of sp³-hybridized carbons (Fsp3) is 0.381. The van der Waals surface area contributed by atoms with Gasteiger partial charge in [0.05, 0.1) is 24.8 Å². The van der Waals surface area contributed by atoms with E-state index in [0.29, 0.717) is 19.8 Å². The Labute approximate surface area is 168 Å². The lowest BCUT2D eigenvalue weighted by Crippen LogP contribution is -2.36. The van der Waals surface area contributed by atoms with Gasteiger partial charge in [-0.3, -0.25) is 9.59 Å². The quantitative estimate of drug-likeness (QED) is 0.830. The van der Waals surface area contributed by atoms with Crippen molar-refractivity contribution < 1.29 is 18.7 Å². The zero-order valence-corrected chi connectivity index (χ0v) is 16.0. The van der Waals surface area contributed by atoms with Crippen LogP contribution in [0.1, 0.15) is 12.0 Å². The average Bonchev–Trinajstić information content (AvgIpc) is 3.15. The Morgan fingerprint density at radius 2 is 2.00 bits per heavy atom. The molecule has 1 unspecified atom stereocenters. The fourth-order valence-electron chi connectivity index (χ4n) is 3.62. The van der Waals surface area contributed by atoms with E-state index in [-0.39, 0.29) is 30.5 Å². The average molecular weight is 398 g/mol. The molecule has 1 aromatic carbocycles. The summed E-state index contributed by atoms with van der Waals surface area (Å²) in [5.41, 5.74) is 1.10. The highest BCUT2D eigenvalue weighted by Crippen LogP contribution is 2.27. The molecular formula is C21H23FN4O3. The second-order valence-corrected chi connectivity index (χ2v) is 7.20. The van der Waals surface area contributed by atoms with Gasteiger partial charge < -0.3 is 19.9 Å². The summed E-state index contributed by atoms with van der Waals surface area (Å²) in [5.74, 6) is -0.525. The highest BCUT2D eigenvalue weighted by molar-refractivity contribution is 6.00. The molecule has 0 saturated carbocycles. The van der Waals surface area contributed by atoms with Crippen molar-refractivity contribution in [3.8, 4) is 0 Å². The molecule has 2 amide bonds. The predicted octanol–water partition coefficient (Wildman–Crippen LogP) is 1.73. The number of morpholine rings is 1. The predicted molar refractivity (Wildman–Crippen MR) is 106 cm³/mol. The molecule has 0 aliphatic carbocycles. The molecule has 2 aliphatic rings. The van der Waals surface area contributed by atoms with E-state index in [1.807, 2.05) is 12.1 Å². The smallest absolute Gasteiger partial charge is 0.227 e. The Balaban J connectivity index is 1.32. The van der Waals surface area contributed by atoms with Gasteiger partial charge in [-0.25, -0.2) is 9.37 Å². The summed E-state index contributed by atoms with van der Waals surface area (Å²) < 4.78 is 19.3. The van der Waals surface area contributed by atoms with Gasteiger partial charge in [0, 0.05) is 38.8 Å². The second-order valence-electron chi connectivity index (χ2n) is 7.20. The van der Waals surface area contributed by atoms with E-state index in [1.54, 1.807) is 24.4 Å². The number of pyridine rings is 1. The van der Waals surface area contributed by atoms with E-state index in [9.17, 15) is 14.0 Å². The maximum Gasteiger partial charge on any atom is 0.227 e. The molecular weight excluding hydrogens is 375 g/mol. The van der Waals surface area contributed by atoms with Gasteiger partial charge in [0.25, 0.3) is 0 Å². The molecule has 0 bridgehead atoms. The number of para-hydroxylation sites is 1. The number of hydrogen-bond donors (Lipinski definition) is 1. The van der Waals surface area contributed by atoms with Gasteiger partial charge in [0.2, 0.25) is 11.8 Å².